The van der Waals surface area contributed by atoms with Crippen LogP contribution in [0.1, 0.15) is 56.5 Å². The number of hydrogen-bond acceptors (Lipinski definition) is 3. The molecule has 3 nitrogen and oxygen atoms in total. The third-order valence-electron chi connectivity index (χ3n) is 3.84. The molecule has 0 amide bonds. The minimum absolute atomic E-state index is 0.145. The summed E-state index contributed by atoms with van der Waals surface area (Å²) in [6.07, 6.45) is 2.24. The van der Waals surface area contributed by atoms with Crippen LogP contribution in [0.5, 0.6) is 0 Å². The number of hydrogen-bond donors (Lipinski definition) is 0. The Kier molecular flexibility index (Phi) is 4.26. The number of nitrogens with zero attached hydrogens (tertiary/aromatic N) is 2. The fraction of sp³-hybridized carbons (Fsp3) is 0.688. The molecule has 19 heavy (non-hydrogen) atoms. The fourth-order valence-electron chi connectivity index (χ4n) is 2.73. The quantitative estimate of drug-likeness (QED) is 0.832. The molecule has 1 atom stereocenters. The van der Waals surface area contributed by atoms with E-state index < -0.39 is 0 Å². The molecule has 106 valence electrons. The third-order valence-corrected chi connectivity index (χ3v) is 3.84. The van der Waals surface area contributed by atoms with Crippen molar-refractivity contribution >= 4 is 0 Å². The minimum Gasteiger partial charge on any atom is -0.371 e. The second-order valence-corrected chi connectivity index (χ2v) is 6.31. The Balaban J connectivity index is 2.41. The molecule has 1 aliphatic heterocycles. The van der Waals surface area contributed by atoms with Crippen LogP contribution in [0, 0.1) is 0 Å². The summed E-state index contributed by atoms with van der Waals surface area (Å²) in [5, 5.41) is 0. The molecule has 1 aliphatic rings. The van der Waals surface area contributed by atoms with E-state index in [2.05, 4.69) is 51.9 Å². The van der Waals surface area contributed by atoms with Crippen molar-refractivity contribution in [1.29, 1.82) is 0 Å². The molecule has 2 rings (SSSR count). The van der Waals surface area contributed by atoms with Gasteiger partial charge in [0, 0.05) is 24.4 Å². The van der Waals surface area contributed by atoms with E-state index in [0.717, 1.165) is 26.0 Å². The molecule has 1 aromatic heterocycles. The smallest absolute Gasteiger partial charge is 0.0922 e. The predicted molar refractivity (Wildman–Crippen MR) is 78.3 cm³/mol. The molecule has 1 saturated heterocycles. The van der Waals surface area contributed by atoms with Crippen molar-refractivity contribution in [3.05, 3.63) is 29.1 Å². The van der Waals surface area contributed by atoms with E-state index in [0.29, 0.717) is 5.92 Å². The summed E-state index contributed by atoms with van der Waals surface area (Å²) in [5.41, 5.74) is 3.46. The van der Waals surface area contributed by atoms with Crippen molar-refractivity contribution in [2.75, 3.05) is 20.7 Å². The second kappa shape index (κ2) is 5.59. The van der Waals surface area contributed by atoms with Crippen LogP contribution < -0.4 is 0 Å². The Morgan fingerprint density at radius 1 is 1.37 bits per heavy atom. The summed E-state index contributed by atoms with van der Waals surface area (Å²) >= 11 is 0. The Hall–Kier alpha value is -0.930. The highest BCUT2D eigenvalue weighted by atomic mass is 16.5. The highest BCUT2D eigenvalue weighted by Crippen LogP contribution is 2.37. The van der Waals surface area contributed by atoms with Crippen LogP contribution in [0.2, 0.25) is 0 Å². The summed E-state index contributed by atoms with van der Waals surface area (Å²) in [6.45, 7) is 8.31. The molecule has 0 aliphatic carbocycles. The molecule has 1 unspecified atom stereocenters. The normalized spacial score (nSPS) is 23.5. The summed E-state index contributed by atoms with van der Waals surface area (Å²) < 4.78 is 5.99. The lowest BCUT2D eigenvalue weighted by Crippen LogP contribution is -2.25. The Morgan fingerprint density at radius 2 is 2.11 bits per heavy atom. The lowest BCUT2D eigenvalue weighted by Gasteiger charge is -2.27. The van der Waals surface area contributed by atoms with Crippen LogP contribution in [-0.2, 0) is 16.9 Å². The number of ether oxygens (including phenoxy) is 1. The van der Waals surface area contributed by atoms with Gasteiger partial charge in [-0.05, 0) is 45.8 Å². The van der Waals surface area contributed by atoms with Gasteiger partial charge in [-0.1, -0.05) is 19.9 Å². The van der Waals surface area contributed by atoms with Crippen molar-refractivity contribution in [2.45, 2.75) is 51.7 Å². The first kappa shape index (κ1) is 14.5. The van der Waals surface area contributed by atoms with Crippen molar-refractivity contribution in [3.63, 3.8) is 0 Å². The molecule has 0 spiro atoms. The van der Waals surface area contributed by atoms with Crippen molar-refractivity contribution in [1.82, 2.24) is 9.88 Å². The highest BCUT2D eigenvalue weighted by molar-refractivity contribution is 5.30. The lowest BCUT2D eigenvalue weighted by molar-refractivity contribution is 0.0153. The van der Waals surface area contributed by atoms with Gasteiger partial charge in [0.2, 0.25) is 0 Å². The highest BCUT2D eigenvalue weighted by Gasteiger charge is 2.34. The number of pyridine rings is 1. The van der Waals surface area contributed by atoms with Gasteiger partial charge in [-0.25, -0.2) is 0 Å². The summed E-state index contributed by atoms with van der Waals surface area (Å²) in [6, 6.07) is 4.39. The SMILES string of the molecule is CC(C)c1ccc(C2(C)CCCO2)c(CN(C)C)n1. The van der Waals surface area contributed by atoms with Gasteiger partial charge >= 0.3 is 0 Å². The van der Waals surface area contributed by atoms with E-state index in [9.17, 15) is 0 Å². The van der Waals surface area contributed by atoms with Crippen LogP contribution in [-0.4, -0.2) is 30.6 Å². The average molecular weight is 262 g/mol. The Bertz CT molecular complexity index is 434. The zero-order valence-corrected chi connectivity index (χ0v) is 12.9. The van der Waals surface area contributed by atoms with Gasteiger partial charge in [-0.3, -0.25) is 4.98 Å². The first-order valence-corrected chi connectivity index (χ1v) is 7.21. The van der Waals surface area contributed by atoms with E-state index in [1.165, 1.54) is 17.0 Å². The van der Waals surface area contributed by atoms with Gasteiger partial charge in [0.1, 0.15) is 0 Å². The molecular weight excluding hydrogens is 236 g/mol. The summed E-state index contributed by atoms with van der Waals surface area (Å²) in [5.74, 6) is 0.465. The Labute approximate surface area is 117 Å². The molecule has 0 radical (unpaired) electrons. The van der Waals surface area contributed by atoms with E-state index in [1.54, 1.807) is 0 Å². The molecule has 0 N–H and O–H groups in total. The summed E-state index contributed by atoms with van der Waals surface area (Å²) in [4.78, 5) is 7.06. The molecule has 3 heteroatoms. The van der Waals surface area contributed by atoms with Gasteiger partial charge in [-0.2, -0.15) is 0 Å². The molecule has 1 aromatic rings. The largest absolute Gasteiger partial charge is 0.371 e. The molecule has 0 saturated carbocycles. The standard InChI is InChI=1S/C16H26N2O/c1-12(2)14-8-7-13(15(17-14)11-18(4)5)16(3)9-6-10-19-16/h7-8,12H,6,9-11H2,1-5H3. The number of aromatic nitrogens is 1. The lowest BCUT2D eigenvalue weighted by atomic mass is 9.90. The fourth-order valence-corrected chi connectivity index (χ4v) is 2.73. The van der Waals surface area contributed by atoms with E-state index >= 15 is 0 Å². The van der Waals surface area contributed by atoms with Crippen LogP contribution in [0.4, 0.5) is 0 Å². The van der Waals surface area contributed by atoms with Crippen molar-refractivity contribution < 1.29 is 4.74 Å². The van der Waals surface area contributed by atoms with Gasteiger partial charge in [0.05, 0.1) is 11.3 Å². The molecule has 2 heterocycles. The minimum atomic E-state index is -0.145. The maximum Gasteiger partial charge on any atom is 0.0922 e. The first-order valence-electron chi connectivity index (χ1n) is 7.21. The number of rotatable bonds is 4. The molecular formula is C16H26N2O. The van der Waals surface area contributed by atoms with Crippen LogP contribution in [0.15, 0.2) is 12.1 Å². The van der Waals surface area contributed by atoms with Gasteiger partial charge in [0.15, 0.2) is 0 Å². The monoisotopic (exact) mass is 262 g/mol. The Morgan fingerprint density at radius 3 is 2.63 bits per heavy atom. The third kappa shape index (κ3) is 3.15. The van der Waals surface area contributed by atoms with Gasteiger partial charge in [-0.15, -0.1) is 0 Å². The second-order valence-electron chi connectivity index (χ2n) is 6.31. The topological polar surface area (TPSA) is 25.4 Å². The van der Waals surface area contributed by atoms with E-state index in [1.807, 2.05) is 0 Å². The molecule has 0 aromatic carbocycles. The maximum absolute atomic E-state index is 5.99. The van der Waals surface area contributed by atoms with Crippen molar-refractivity contribution in [3.8, 4) is 0 Å². The predicted octanol–water partition coefficient (Wildman–Crippen LogP) is 3.29. The first-order chi connectivity index (χ1) is 8.92. The maximum atomic E-state index is 5.99. The van der Waals surface area contributed by atoms with E-state index in [4.69, 9.17) is 9.72 Å². The van der Waals surface area contributed by atoms with Crippen LogP contribution in [0.3, 0.4) is 0 Å². The van der Waals surface area contributed by atoms with Crippen LogP contribution in [0.25, 0.3) is 0 Å². The zero-order valence-electron chi connectivity index (χ0n) is 12.9. The average Bonchev–Trinajstić information content (AvgIpc) is 2.76. The summed E-state index contributed by atoms with van der Waals surface area (Å²) in [7, 11) is 4.18. The van der Waals surface area contributed by atoms with Gasteiger partial charge < -0.3 is 9.64 Å². The van der Waals surface area contributed by atoms with Gasteiger partial charge in [0.25, 0.3) is 0 Å². The molecule has 0 bridgehead atoms. The zero-order chi connectivity index (χ0) is 14.0. The van der Waals surface area contributed by atoms with E-state index in [-0.39, 0.29) is 5.60 Å². The molecule has 1 fully saturated rings. The van der Waals surface area contributed by atoms with Crippen LogP contribution >= 0.6 is 0 Å². The van der Waals surface area contributed by atoms with Crippen molar-refractivity contribution in [2.24, 2.45) is 0 Å².